The molecule has 0 radical (unpaired) electrons. The van der Waals surface area contributed by atoms with Crippen molar-refractivity contribution in [2.75, 3.05) is 11.5 Å². The highest BCUT2D eigenvalue weighted by Gasteiger charge is 2.46. The molecule has 0 aliphatic carbocycles. The fourth-order valence-electron chi connectivity index (χ4n) is 3.88. The first-order valence-corrected chi connectivity index (χ1v) is 11.0. The summed E-state index contributed by atoms with van der Waals surface area (Å²) in [6.07, 6.45) is 3.21. The summed E-state index contributed by atoms with van der Waals surface area (Å²) in [6.45, 7) is 2.03. The summed E-state index contributed by atoms with van der Waals surface area (Å²) in [5.41, 5.74) is 2.10. The van der Waals surface area contributed by atoms with Crippen molar-refractivity contribution >= 4 is 40.7 Å². The van der Waals surface area contributed by atoms with E-state index in [1.807, 2.05) is 0 Å². The second-order valence-corrected chi connectivity index (χ2v) is 8.04. The minimum absolute atomic E-state index is 0.0332. The standard InChI is InChI=1S/C26H21ClN2O5/c1-2-34-21(30)15-16-3-9-20(10-4-16)29-23(17-11-13-28-14-12-17)22(25(32)26(29)33)24(31)18-5-7-19(27)8-6-18/h3-14,23,31H,2,15H2,1H3/b24-22-. The zero-order chi connectivity index (χ0) is 24.2. The molecule has 0 spiro atoms. The Morgan fingerprint density at radius 1 is 1.03 bits per heavy atom. The summed E-state index contributed by atoms with van der Waals surface area (Å²) >= 11 is 5.95. The second kappa shape index (κ2) is 9.89. The van der Waals surface area contributed by atoms with E-state index in [1.54, 1.807) is 80.0 Å². The van der Waals surface area contributed by atoms with Crippen LogP contribution in [-0.2, 0) is 25.5 Å². The number of hydrogen-bond donors (Lipinski definition) is 1. The average Bonchev–Trinajstić information content (AvgIpc) is 3.11. The lowest BCUT2D eigenvalue weighted by molar-refractivity contribution is -0.142. The fraction of sp³-hybridized carbons (Fsp3) is 0.154. The van der Waals surface area contributed by atoms with E-state index in [2.05, 4.69) is 4.98 Å². The number of aliphatic hydroxyl groups excluding tert-OH is 1. The minimum atomic E-state index is -0.866. The molecule has 1 saturated heterocycles. The number of ether oxygens (including phenoxy) is 1. The number of nitrogens with zero attached hydrogens (tertiary/aromatic N) is 2. The number of aromatic nitrogens is 1. The van der Waals surface area contributed by atoms with Gasteiger partial charge in [0, 0.05) is 28.7 Å². The van der Waals surface area contributed by atoms with Gasteiger partial charge < -0.3 is 9.84 Å². The number of hydrogen-bond acceptors (Lipinski definition) is 6. The van der Waals surface area contributed by atoms with Crippen LogP contribution in [0.5, 0.6) is 0 Å². The van der Waals surface area contributed by atoms with Crippen LogP contribution in [0.2, 0.25) is 5.02 Å². The summed E-state index contributed by atoms with van der Waals surface area (Å²) in [7, 11) is 0. The van der Waals surface area contributed by atoms with Gasteiger partial charge >= 0.3 is 5.97 Å². The summed E-state index contributed by atoms with van der Waals surface area (Å²) < 4.78 is 4.98. The van der Waals surface area contributed by atoms with Gasteiger partial charge in [0.1, 0.15) is 5.76 Å². The Labute approximate surface area is 201 Å². The summed E-state index contributed by atoms with van der Waals surface area (Å²) in [6, 6.07) is 15.6. The highest BCUT2D eigenvalue weighted by atomic mass is 35.5. The summed E-state index contributed by atoms with van der Waals surface area (Å²) in [5, 5.41) is 11.5. The number of Topliss-reactive ketones (excluding diaryl/α,β-unsaturated/α-hetero) is 1. The molecule has 2 heterocycles. The van der Waals surface area contributed by atoms with Gasteiger partial charge in [0.25, 0.3) is 11.7 Å². The molecule has 172 valence electrons. The lowest BCUT2D eigenvalue weighted by Gasteiger charge is -2.25. The molecule has 1 aliphatic rings. The van der Waals surface area contributed by atoms with Gasteiger partial charge in [-0.15, -0.1) is 0 Å². The van der Waals surface area contributed by atoms with E-state index in [0.717, 1.165) is 0 Å². The SMILES string of the molecule is CCOC(=O)Cc1ccc(N2C(=O)C(=O)/C(=C(\O)c3ccc(Cl)cc3)C2c2ccncc2)cc1. The van der Waals surface area contributed by atoms with Gasteiger partial charge in [-0.25, -0.2) is 0 Å². The zero-order valence-corrected chi connectivity index (χ0v) is 19.0. The van der Waals surface area contributed by atoms with Gasteiger partial charge in [0.2, 0.25) is 0 Å². The lowest BCUT2D eigenvalue weighted by Crippen LogP contribution is -2.29. The van der Waals surface area contributed by atoms with E-state index in [1.165, 1.54) is 4.90 Å². The number of esters is 1. The number of ketones is 1. The molecule has 1 unspecified atom stereocenters. The molecule has 0 saturated carbocycles. The predicted molar refractivity (Wildman–Crippen MR) is 127 cm³/mol. The van der Waals surface area contributed by atoms with Gasteiger partial charge in [0.05, 0.1) is 24.6 Å². The van der Waals surface area contributed by atoms with Crippen LogP contribution in [0.15, 0.2) is 78.6 Å². The smallest absolute Gasteiger partial charge is 0.310 e. The molecule has 4 rings (SSSR count). The number of aliphatic hydroxyl groups is 1. The Morgan fingerprint density at radius 2 is 1.68 bits per heavy atom. The Morgan fingerprint density at radius 3 is 2.29 bits per heavy atom. The van der Waals surface area contributed by atoms with Crippen LogP contribution in [0.4, 0.5) is 5.69 Å². The van der Waals surface area contributed by atoms with E-state index in [0.29, 0.717) is 34.0 Å². The van der Waals surface area contributed by atoms with Gasteiger partial charge in [0.15, 0.2) is 0 Å². The molecule has 34 heavy (non-hydrogen) atoms. The van der Waals surface area contributed by atoms with Crippen LogP contribution < -0.4 is 4.90 Å². The molecule has 1 atom stereocenters. The molecule has 1 amide bonds. The lowest BCUT2D eigenvalue weighted by atomic mass is 9.95. The zero-order valence-electron chi connectivity index (χ0n) is 18.3. The molecule has 7 nitrogen and oxygen atoms in total. The van der Waals surface area contributed by atoms with Crippen molar-refractivity contribution in [3.05, 3.63) is 100 Å². The van der Waals surface area contributed by atoms with E-state index < -0.39 is 17.7 Å². The maximum absolute atomic E-state index is 13.2. The van der Waals surface area contributed by atoms with Gasteiger partial charge in [-0.3, -0.25) is 24.3 Å². The summed E-state index contributed by atoms with van der Waals surface area (Å²) in [5.74, 6) is -2.21. The van der Waals surface area contributed by atoms with Crippen LogP contribution >= 0.6 is 11.6 Å². The Kier molecular flexibility index (Phi) is 6.75. The van der Waals surface area contributed by atoms with E-state index in [9.17, 15) is 19.5 Å². The van der Waals surface area contributed by atoms with E-state index >= 15 is 0 Å². The predicted octanol–water partition coefficient (Wildman–Crippen LogP) is 4.47. The number of anilines is 1. The second-order valence-electron chi connectivity index (χ2n) is 7.60. The van der Waals surface area contributed by atoms with Crippen molar-refractivity contribution < 1.29 is 24.2 Å². The molecule has 1 aromatic heterocycles. The van der Waals surface area contributed by atoms with Crippen molar-refractivity contribution in [2.24, 2.45) is 0 Å². The first-order valence-electron chi connectivity index (χ1n) is 10.6. The molecular formula is C26H21ClN2O5. The van der Waals surface area contributed by atoms with Crippen molar-refractivity contribution in [1.82, 2.24) is 4.98 Å². The Bertz CT molecular complexity index is 1250. The first kappa shape index (κ1) is 23.2. The third-order valence-electron chi connectivity index (χ3n) is 5.45. The average molecular weight is 477 g/mol. The Balaban J connectivity index is 1.78. The van der Waals surface area contributed by atoms with Crippen molar-refractivity contribution in [3.63, 3.8) is 0 Å². The molecule has 0 bridgehead atoms. The van der Waals surface area contributed by atoms with Gasteiger partial charge in [-0.2, -0.15) is 0 Å². The quantitative estimate of drug-likeness (QED) is 0.244. The van der Waals surface area contributed by atoms with Crippen molar-refractivity contribution in [3.8, 4) is 0 Å². The molecular weight excluding hydrogens is 456 g/mol. The van der Waals surface area contributed by atoms with Crippen LogP contribution in [0.3, 0.4) is 0 Å². The fourth-order valence-corrected chi connectivity index (χ4v) is 4.00. The van der Waals surface area contributed by atoms with Crippen molar-refractivity contribution in [1.29, 1.82) is 0 Å². The highest BCUT2D eigenvalue weighted by Crippen LogP contribution is 2.42. The monoisotopic (exact) mass is 476 g/mol. The Hall–Kier alpha value is -3.97. The number of carbonyl (C=O) groups excluding carboxylic acids is 3. The first-order chi connectivity index (χ1) is 16.4. The molecule has 3 aromatic rings. The number of carbonyl (C=O) groups is 3. The van der Waals surface area contributed by atoms with Crippen LogP contribution in [0.25, 0.3) is 5.76 Å². The largest absolute Gasteiger partial charge is 0.507 e. The van der Waals surface area contributed by atoms with Crippen molar-refractivity contribution in [2.45, 2.75) is 19.4 Å². The molecule has 2 aromatic carbocycles. The van der Waals surface area contributed by atoms with Gasteiger partial charge in [-0.1, -0.05) is 23.7 Å². The van der Waals surface area contributed by atoms with Crippen LogP contribution in [0, 0.1) is 0 Å². The molecule has 1 aliphatic heterocycles. The minimum Gasteiger partial charge on any atom is -0.507 e. The van der Waals surface area contributed by atoms with E-state index in [4.69, 9.17) is 16.3 Å². The maximum atomic E-state index is 13.2. The van der Waals surface area contributed by atoms with E-state index in [-0.39, 0.29) is 23.7 Å². The van der Waals surface area contributed by atoms with Gasteiger partial charge in [-0.05, 0) is 66.6 Å². The normalized spacial score (nSPS) is 17.1. The third kappa shape index (κ3) is 4.56. The highest BCUT2D eigenvalue weighted by molar-refractivity contribution is 6.51. The van der Waals surface area contributed by atoms with Crippen LogP contribution in [-0.4, -0.2) is 34.4 Å². The maximum Gasteiger partial charge on any atom is 0.310 e. The molecule has 1 N–H and O–H groups in total. The number of halogens is 1. The number of pyridine rings is 1. The number of amides is 1. The van der Waals surface area contributed by atoms with Crippen LogP contribution in [0.1, 0.15) is 29.7 Å². The topological polar surface area (TPSA) is 96.8 Å². The summed E-state index contributed by atoms with van der Waals surface area (Å²) in [4.78, 5) is 43.4. The molecule has 8 heteroatoms. The number of benzene rings is 2. The number of rotatable bonds is 6. The molecule has 1 fully saturated rings. The third-order valence-corrected chi connectivity index (χ3v) is 5.70.